The molecule has 1 N–H and O–H groups in total. The summed E-state index contributed by atoms with van der Waals surface area (Å²) in [5.41, 5.74) is 2.18. The maximum atomic E-state index is 13.4. The molecule has 2 nitrogen and oxygen atoms in total. The Morgan fingerprint density at radius 1 is 1.44 bits per heavy atom. The van der Waals surface area contributed by atoms with Crippen molar-refractivity contribution in [1.82, 2.24) is 0 Å². The van der Waals surface area contributed by atoms with Crippen molar-refractivity contribution in [2.75, 3.05) is 18.5 Å². The van der Waals surface area contributed by atoms with E-state index in [-0.39, 0.29) is 5.82 Å². The summed E-state index contributed by atoms with van der Waals surface area (Å²) >= 11 is 0. The molecule has 1 atom stereocenters. The minimum atomic E-state index is -0.649. The predicted molar refractivity (Wildman–Crippen MR) is 65.3 cm³/mol. The minimum Gasteiger partial charge on any atom is -0.389 e. The molecule has 0 saturated heterocycles. The quantitative estimate of drug-likeness (QED) is 0.851. The van der Waals surface area contributed by atoms with Crippen LogP contribution in [0.25, 0.3) is 0 Å². The van der Waals surface area contributed by atoms with Crippen LogP contribution in [0.1, 0.15) is 37.5 Å². The molecule has 3 heteroatoms. The predicted octanol–water partition coefficient (Wildman–Crippen LogP) is 3.03. The van der Waals surface area contributed by atoms with E-state index in [1.165, 1.54) is 6.07 Å². The fourth-order valence-electron chi connectivity index (χ4n) is 1.80. The van der Waals surface area contributed by atoms with Crippen LogP contribution in [-0.4, -0.2) is 18.7 Å². The fourth-order valence-corrected chi connectivity index (χ4v) is 1.80. The number of halogens is 1. The van der Waals surface area contributed by atoms with E-state index in [2.05, 4.69) is 11.8 Å². The van der Waals surface area contributed by atoms with E-state index in [0.717, 1.165) is 18.7 Å². The molecule has 0 fully saturated rings. The van der Waals surface area contributed by atoms with Gasteiger partial charge in [-0.25, -0.2) is 4.39 Å². The first-order chi connectivity index (χ1) is 7.47. The van der Waals surface area contributed by atoms with Crippen LogP contribution in [0.15, 0.2) is 12.1 Å². The highest BCUT2D eigenvalue weighted by Gasteiger charge is 2.14. The zero-order chi connectivity index (χ0) is 12.3. The van der Waals surface area contributed by atoms with E-state index in [1.807, 2.05) is 7.05 Å². The summed E-state index contributed by atoms with van der Waals surface area (Å²) in [4.78, 5) is 2.05. The molecule has 0 spiro atoms. The number of anilines is 1. The van der Waals surface area contributed by atoms with Crippen molar-refractivity contribution >= 4 is 5.69 Å². The van der Waals surface area contributed by atoms with Crippen molar-refractivity contribution in [1.29, 1.82) is 0 Å². The first-order valence-corrected chi connectivity index (χ1v) is 5.66. The lowest BCUT2D eigenvalue weighted by Crippen LogP contribution is -2.20. The Morgan fingerprint density at radius 3 is 2.56 bits per heavy atom. The van der Waals surface area contributed by atoms with Crippen molar-refractivity contribution < 1.29 is 9.50 Å². The molecule has 0 saturated carbocycles. The van der Waals surface area contributed by atoms with Crippen LogP contribution >= 0.6 is 0 Å². The Labute approximate surface area is 96.7 Å². The molecule has 1 aromatic carbocycles. The molecule has 1 unspecified atom stereocenters. The van der Waals surface area contributed by atoms with Gasteiger partial charge in [-0.15, -0.1) is 0 Å². The molecular formula is C13H20FNO. The summed E-state index contributed by atoms with van der Waals surface area (Å²) in [6.45, 7) is 6.39. The third kappa shape index (κ3) is 2.73. The van der Waals surface area contributed by atoms with Gasteiger partial charge in [0.25, 0.3) is 0 Å². The molecule has 0 aliphatic rings. The summed E-state index contributed by atoms with van der Waals surface area (Å²) in [5.74, 6) is -0.260. The van der Waals surface area contributed by atoms with E-state index in [0.29, 0.717) is 11.1 Å². The number of nitrogens with zero attached hydrogens (tertiary/aromatic N) is 1. The number of aliphatic hydroxyl groups excluding tert-OH is 1. The van der Waals surface area contributed by atoms with Gasteiger partial charge in [-0.3, -0.25) is 0 Å². The van der Waals surface area contributed by atoms with Gasteiger partial charge in [0, 0.05) is 24.8 Å². The lowest BCUT2D eigenvalue weighted by atomic mass is 10.0. The fraction of sp³-hybridized carbons (Fsp3) is 0.538. The number of rotatable bonds is 4. The molecule has 0 aliphatic carbocycles. The smallest absolute Gasteiger partial charge is 0.126 e. The number of hydrogen-bond donors (Lipinski definition) is 1. The molecule has 90 valence electrons. The second kappa shape index (κ2) is 5.30. The molecule has 0 aromatic heterocycles. The Kier molecular flexibility index (Phi) is 4.30. The second-order valence-corrected chi connectivity index (χ2v) is 4.26. The number of hydrogen-bond acceptors (Lipinski definition) is 2. The van der Waals surface area contributed by atoms with E-state index >= 15 is 0 Å². The summed E-state index contributed by atoms with van der Waals surface area (Å²) in [6.07, 6.45) is 0.371. The highest BCUT2D eigenvalue weighted by molar-refractivity contribution is 5.56. The summed E-state index contributed by atoms with van der Waals surface area (Å²) in [6, 6.07) is 3.23. The Morgan fingerprint density at radius 2 is 2.06 bits per heavy atom. The Bertz CT molecular complexity index is 363. The number of aliphatic hydroxyl groups is 1. The number of aryl methyl sites for hydroxylation is 1. The molecule has 1 aromatic rings. The average molecular weight is 225 g/mol. The van der Waals surface area contributed by atoms with Gasteiger partial charge in [0.05, 0.1) is 6.10 Å². The van der Waals surface area contributed by atoms with Crippen molar-refractivity contribution in [2.45, 2.75) is 33.3 Å². The van der Waals surface area contributed by atoms with Crippen molar-refractivity contribution in [3.05, 3.63) is 29.1 Å². The van der Waals surface area contributed by atoms with Crippen LogP contribution in [0.5, 0.6) is 0 Å². The van der Waals surface area contributed by atoms with Crippen molar-refractivity contribution in [3.8, 4) is 0 Å². The monoisotopic (exact) mass is 225 g/mol. The van der Waals surface area contributed by atoms with Crippen molar-refractivity contribution in [2.24, 2.45) is 0 Å². The van der Waals surface area contributed by atoms with Gasteiger partial charge in [-0.1, -0.05) is 6.92 Å². The summed E-state index contributed by atoms with van der Waals surface area (Å²) in [7, 11) is 1.96. The maximum Gasteiger partial charge on any atom is 0.126 e. The maximum absolute atomic E-state index is 13.4. The first-order valence-electron chi connectivity index (χ1n) is 5.66. The molecule has 0 aliphatic heterocycles. The van der Waals surface area contributed by atoms with E-state index in [4.69, 9.17) is 0 Å². The molecule has 0 bridgehead atoms. The molecule has 0 heterocycles. The van der Waals surface area contributed by atoms with Crippen LogP contribution in [0.4, 0.5) is 10.1 Å². The normalized spacial score (nSPS) is 12.6. The molecule has 0 radical (unpaired) electrons. The van der Waals surface area contributed by atoms with Crippen LogP contribution in [0.2, 0.25) is 0 Å². The second-order valence-electron chi connectivity index (χ2n) is 4.26. The van der Waals surface area contributed by atoms with Gasteiger partial charge >= 0.3 is 0 Å². The third-order valence-electron chi connectivity index (χ3n) is 2.73. The van der Waals surface area contributed by atoms with Gasteiger partial charge in [0.15, 0.2) is 0 Å². The molecule has 1 rings (SSSR count). The topological polar surface area (TPSA) is 23.5 Å². The highest BCUT2D eigenvalue weighted by atomic mass is 19.1. The lowest BCUT2D eigenvalue weighted by molar-refractivity contribution is 0.199. The molecule has 16 heavy (non-hydrogen) atoms. The average Bonchev–Trinajstić information content (AvgIpc) is 2.21. The number of benzene rings is 1. The van der Waals surface area contributed by atoms with Gasteiger partial charge in [-0.2, -0.15) is 0 Å². The van der Waals surface area contributed by atoms with E-state index in [1.54, 1.807) is 19.9 Å². The summed E-state index contributed by atoms with van der Waals surface area (Å²) in [5, 5.41) is 9.64. The highest BCUT2D eigenvalue weighted by Crippen LogP contribution is 2.28. The minimum absolute atomic E-state index is 0.260. The standard InChI is InChI=1S/C13H20FNO/c1-5-6-15(4)13-7-9(2)12(14)8-11(13)10(3)16/h7-8,10,16H,5-6H2,1-4H3. The van der Waals surface area contributed by atoms with Crippen LogP contribution in [-0.2, 0) is 0 Å². The Balaban J connectivity index is 3.19. The molecular weight excluding hydrogens is 205 g/mol. The summed E-state index contributed by atoms with van der Waals surface area (Å²) < 4.78 is 13.4. The van der Waals surface area contributed by atoms with Gasteiger partial charge in [0.1, 0.15) is 5.82 Å². The largest absolute Gasteiger partial charge is 0.389 e. The van der Waals surface area contributed by atoms with Gasteiger partial charge in [0.2, 0.25) is 0 Å². The van der Waals surface area contributed by atoms with Crippen molar-refractivity contribution in [3.63, 3.8) is 0 Å². The Hall–Kier alpha value is -1.09. The zero-order valence-electron chi connectivity index (χ0n) is 10.4. The SMILES string of the molecule is CCCN(C)c1cc(C)c(F)cc1C(C)O. The first kappa shape index (κ1) is 13.0. The van der Waals surface area contributed by atoms with Crippen LogP contribution in [0, 0.1) is 12.7 Å². The van der Waals surface area contributed by atoms with Gasteiger partial charge < -0.3 is 10.0 Å². The lowest BCUT2D eigenvalue weighted by Gasteiger charge is -2.24. The third-order valence-corrected chi connectivity index (χ3v) is 2.73. The molecule has 0 amide bonds. The van der Waals surface area contributed by atoms with Crippen LogP contribution in [0.3, 0.4) is 0 Å². The van der Waals surface area contributed by atoms with Gasteiger partial charge in [-0.05, 0) is 38.0 Å². The zero-order valence-corrected chi connectivity index (χ0v) is 10.4. The van der Waals surface area contributed by atoms with Crippen LogP contribution < -0.4 is 4.90 Å². The van der Waals surface area contributed by atoms with E-state index in [9.17, 15) is 9.50 Å². The van der Waals surface area contributed by atoms with E-state index < -0.39 is 6.10 Å².